The first-order chi connectivity index (χ1) is 1.91. The zero-order valence-electron chi connectivity index (χ0n) is 2.27. The van der Waals surface area contributed by atoms with E-state index in [1.54, 1.807) is 0 Å². The standard InChI is InChI=1S/CH2B2O/c2-1-4-3/h1H2. The molecule has 0 fully saturated rings. The Morgan fingerprint density at radius 3 is 2.00 bits per heavy atom. The lowest BCUT2D eigenvalue weighted by atomic mass is 10.2. The Morgan fingerprint density at radius 2 is 2.00 bits per heavy atom. The lowest BCUT2D eigenvalue weighted by Crippen LogP contribution is -1.83. The third kappa shape index (κ3) is 2.09. The van der Waals surface area contributed by atoms with E-state index in [1.165, 1.54) is 0 Å². The van der Waals surface area contributed by atoms with E-state index in [4.69, 9.17) is 0 Å². The van der Waals surface area contributed by atoms with E-state index in [-0.39, 0.29) is 6.51 Å². The average molecular weight is 51.6 g/mol. The minimum atomic E-state index is 0.0972. The average Bonchev–Trinajstić information content (AvgIpc) is 1.37. The molecule has 3 heteroatoms. The predicted octanol–water partition coefficient (Wildman–Crippen LogP) is -0.788. The zero-order chi connectivity index (χ0) is 3.41. The first kappa shape index (κ1) is 4.09. The Bertz CT molecular complexity index is 8.00. The fourth-order valence-corrected chi connectivity index (χ4v) is 0. The van der Waals surface area contributed by atoms with Crippen LogP contribution >= 0.6 is 0 Å². The fourth-order valence-electron chi connectivity index (χ4n) is 0. The van der Waals surface area contributed by atoms with E-state index in [0.717, 1.165) is 0 Å². The summed E-state index contributed by atoms with van der Waals surface area (Å²) in [6, 6.07) is 0. The number of hydrogen-bond acceptors (Lipinski definition) is 1. The highest BCUT2D eigenvalue weighted by atomic mass is 16.4. The zero-order valence-corrected chi connectivity index (χ0v) is 2.27. The van der Waals surface area contributed by atoms with Crippen LogP contribution in [0.15, 0.2) is 0 Å². The second kappa shape index (κ2) is 3.09. The van der Waals surface area contributed by atoms with Gasteiger partial charge in [0.15, 0.2) is 0 Å². The van der Waals surface area contributed by atoms with Crippen LogP contribution in [-0.4, -0.2) is 22.4 Å². The predicted molar refractivity (Wildman–Crippen MR) is 17.5 cm³/mol. The summed E-state index contributed by atoms with van der Waals surface area (Å²) in [6.07, 6.45) is 0. The molecular formula is CH2B2O. The first-order valence-electron chi connectivity index (χ1n) is 0.933. The lowest BCUT2D eigenvalue weighted by Gasteiger charge is -1.77. The molecule has 0 aromatic rings. The van der Waals surface area contributed by atoms with Crippen molar-refractivity contribution >= 4 is 15.9 Å². The highest BCUT2D eigenvalue weighted by Crippen LogP contribution is 1.42. The Hall–Kier alpha value is 0.0899. The van der Waals surface area contributed by atoms with Gasteiger partial charge in [-0.1, -0.05) is 0 Å². The van der Waals surface area contributed by atoms with Gasteiger partial charge in [0.2, 0.25) is 0 Å². The summed E-state index contributed by atoms with van der Waals surface area (Å²) in [6.45, 7) is 0.0972. The summed E-state index contributed by atoms with van der Waals surface area (Å²) in [4.78, 5) is 0. The van der Waals surface area contributed by atoms with Crippen LogP contribution in [0.25, 0.3) is 0 Å². The molecule has 0 amide bonds. The summed E-state index contributed by atoms with van der Waals surface area (Å²) in [5.74, 6) is 0. The minimum absolute atomic E-state index is 0.0972. The van der Waals surface area contributed by atoms with Crippen molar-refractivity contribution in [2.24, 2.45) is 0 Å². The van der Waals surface area contributed by atoms with Crippen LogP contribution in [0.5, 0.6) is 0 Å². The molecule has 0 bridgehead atoms. The Balaban J connectivity index is 1.97. The summed E-state index contributed by atoms with van der Waals surface area (Å²) < 4.78 is 3.82. The lowest BCUT2D eigenvalue weighted by molar-refractivity contribution is 0.429. The van der Waals surface area contributed by atoms with Gasteiger partial charge in [0.25, 0.3) is 8.05 Å². The van der Waals surface area contributed by atoms with Gasteiger partial charge in [0.1, 0.15) is 7.85 Å². The molecule has 0 N–H and O–H groups in total. The van der Waals surface area contributed by atoms with Crippen molar-refractivity contribution in [3.05, 3.63) is 0 Å². The molecule has 0 unspecified atom stereocenters. The molecule has 0 aliphatic heterocycles. The molecule has 0 atom stereocenters. The van der Waals surface area contributed by atoms with E-state index < -0.39 is 0 Å². The van der Waals surface area contributed by atoms with Crippen molar-refractivity contribution in [1.82, 2.24) is 0 Å². The highest BCUT2D eigenvalue weighted by molar-refractivity contribution is 6.10. The van der Waals surface area contributed by atoms with Crippen LogP contribution in [0.2, 0.25) is 0 Å². The molecule has 0 aliphatic rings. The molecule has 1 nitrogen and oxygen atoms in total. The fraction of sp³-hybridized carbons (Fsp3) is 1.00. The highest BCUT2D eigenvalue weighted by Gasteiger charge is 1.53. The van der Waals surface area contributed by atoms with Gasteiger partial charge < -0.3 is 4.65 Å². The molecule has 0 aromatic carbocycles. The summed E-state index contributed by atoms with van der Waals surface area (Å²) >= 11 is 0. The summed E-state index contributed by atoms with van der Waals surface area (Å²) in [7, 11) is 9.08. The Morgan fingerprint density at radius 1 is 1.75 bits per heavy atom. The van der Waals surface area contributed by atoms with Gasteiger partial charge in [-0.2, -0.15) is 0 Å². The molecule has 0 rings (SSSR count). The molecule has 0 aromatic heterocycles. The molecule has 0 heterocycles. The number of rotatable bonds is 1. The normalized spacial score (nSPS) is 7.00. The van der Waals surface area contributed by atoms with Gasteiger partial charge in [0, 0.05) is 0 Å². The third-order valence-corrected chi connectivity index (χ3v) is 0.0962. The van der Waals surface area contributed by atoms with Crippen molar-refractivity contribution in [1.29, 1.82) is 0 Å². The van der Waals surface area contributed by atoms with Gasteiger partial charge >= 0.3 is 0 Å². The second-order valence-corrected chi connectivity index (χ2v) is 0.333. The van der Waals surface area contributed by atoms with Gasteiger partial charge in [-0.3, -0.25) is 0 Å². The van der Waals surface area contributed by atoms with Crippen LogP contribution in [0.3, 0.4) is 0 Å². The van der Waals surface area contributed by atoms with Crippen LogP contribution in [-0.2, 0) is 4.65 Å². The van der Waals surface area contributed by atoms with Crippen molar-refractivity contribution in [2.45, 2.75) is 0 Å². The van der Waals surface area contributed by atoms with Crippen LogP contribution in [0.4, 0.5) is 0 Å². The van der Waals surface area contributed by atoms with Gasteiger partial charge in [-0.15, -0.1) is 0 Å². The quantitative estimate of drug-likeness (QED) is 0.355. The summed E-state index contributed by atoms with van der Waals surface area (Å²) in [5.41, 5.74) is 0. The molecule has 0 saturated carbocycles. The first-order valence-corrected chi connectivity index (χ1v) is 0.933. The third-order valence-electron chi connectivity index (χ3n) is 0.0962. The van der Waals surface area contributed by atoms with Crippen molar-refractivity contribution in [3.8, 4) is 0 Å². The summed E-state index contributed by atoms with van der Waals surface area (Å²) in [5, 5.41) is 0. The van der Waals surface area contributed by atoms with Gasteiger partial charge in [0.05, 0.1) is 0 Å². The van der Waals surface area contributed by atoms with Crippen LogP contribution in [0.1, 0.15) is 0 Å². The molecule has 18 valence electrons. The smallest absolute Gasteiger partial charge is 0.281 e. The van der Waals surface area contributed by atoms with Gasteiger partial charge in [-0.25, -0.2) is 0 Å². The SMILES string of the molecule is [B]CO[B]. The molecule has 4 radical (unpaired) electrons. The largest absolute Gasteiger partial charge is 0.456 e. The molecule has 0 saturated heterocycles. The van der Waals surface area contributed by atoms with Gasteiger partial charge in [-0.05, 0) is 6.51 Å². The maximum Gasteiger partial charge on any atom is 0.281 e. The topological polar surface area (TPSA) is 9.23 Å². The van der Waals surface area contributed by atoms with Crippen molar-refractivity contribution in [2.75, 3.05) is 6.51 Å². The van der Waals surface area contributed by atoms with E-state index in [9.17, 15) is 0 Å². The van der Waals surface area contributed by atoms with E-state index >= 15 is 0 Å². The van der Waals surface area contributed by atoms with E-state index in [0.29, 0.717) is 0 Å². The molecular weight excluding hydrogens is 49.6 g/mol. The Kier molecular flexibility index (Phi) is 3.16. The molecule has 0 aliphatic carbocycles. The second-order valence-electron chi connectivity index (χ2n) is 0.333. The van der Waals surface area contributed by atoms with Crippen molar-refractivity contribution < 1.29 is 4.65 Å². The maximum absolute atomic E-state index is 4.68. The van der Waals surface area contributed by atoms with Crippen LogP contribution in [0, 0.1) is 0 Å². The molecule has 0 spiro atoms. The van der Waals surface area contributed by atoms with E-state index in [2.05, 4.69) is 20.5 Å². The molecule has 4 heavy (non-hydrogen) atoms. The van der Waals surface area contributed by atoms with E-state index in [1.807, 2.05) is 0 Å². The van der Waals surface area contributed by atoms with Crippen LogP contribution < -0.4 is 0 Å². The minimum Gasteiger partial charge on any atom is -0.456 e. The van der Waals surface area contributed by atoms with Crippen molar-refractivity contribution in [3.63, 3.8) is 0 Å². The number of hydrogen-bond donors (Lipinski definition) is 0. The Labute approximate surface area is 28.2 Å². The maximum atomic E-state index is 4.68. The monoisotopic (exact) mass is 52.0 g/mol.